The summed E-state index contributed by atoms with van der Waals surface area (Å²) in [5.74, 6) is 1.16. The van der Waals surface area contributed by atoms with Gasteiger partial charge in [-0.05, 0) is 30.7 Å². The van der Waals surface area contributed by atoms with Gasteiger partial charge in [0.25, 0.3) is 0 Å². The summed E-state index contributed by atoms with van der Waals surface area (Å²) in [5, 5.41) is 0.327. The number of benzene rings is 1. The summed E-state index contributed by atoms with van der Waals surface area (Å²) in [7, 11) is 0. The molecule has 4 heteroatoms. The van der Waals surface area contributed by atoms with E-state index in [0.717, 1.165) is 23.2 Å². The molecule has 1 aromatic heterocycles. The molecule has 3 rings (SSSR count). The third-order valence-electron chi connectivity index (χ3n) is 2.82. The number of imidazole rings is 1. The maximum Gasteiger partial charge on any atom is 0.327 e. The van der Waals surface area contributed by atoms with E-state index in [0.29, 0.717) is 5.37 Å². The Morgan fingerprint density at radius 1 is 1.40 bits per heavy atom. The molecule has 1 aliphatic heterocycles. The molecule has 0 saturated carbocycles. The molecule has 2 heterocycles. The van der Waals surface area contributed by atoms with Gasteiger partial charge in [-0.3, -0.25) is 4.57 Å². The van der Waals surface area contributed by atoms with Gasteiger partial charge >= 0.3 is 5.69 Å². The Kier molecular flexibility index (Phi) is 2.09. The molecule has 1 aromatic carbocycles. The third kappa shape index (κ3) is 1.40. The van der Waals surface area contributed by atoms with Gasteiger partial charge in [0, 0.05) is 0 Å². The Morgan fingerprint density at radius 2 is 2.27 bits per heavy atom. The highest BCUT2D eigenvalue weighted by Crippen LogP contribution is 2.36. The largest absolute Gasteiger partial charge is 0.327 e. The van der Waals surface area contributed by atoms with Crippen molar-refractivity contribution in [3.05, 3.63) is 34.7 Å². The van der Waals surface area contributed by atoms with Crippen LogP contribution in [-0.4, -0.2) is 15.3 Å². The van der Waals surface area contributed by atoms with Crippen molar-refractivity contribution in [2.75, 3.05) is 5.75 Å². The molecule has 3 nitrogen and oxygen atoms in total. The van der Waals surface area contributed by atoms with Crippen molar-refractivity contribution < 1.29 is 0 Å². The van der Waals surface area contributed by atoms with E-state index in [4.69, 9.17) is 0 Å². The van der Waals surface area contributed by atoms with Gasteiger partial charge in [-0.1, -0.05) is 12.1 Å². The summed E-state index contributed by atoms with van der Waals surface area (Å²) in [6, 6.07) is 7.88. The lowest BCUT2D eigenvalue weighted by Crippen LogP contribution is -2.18. The zero-order chi connectivity index (χ0) is 10.3. The van der Waals surface area contributed by atoms with Gasteiger partial charge in [0.2, 0.25) is 0 Å². The van der Waals surface area contributed by atoms with Crippen molar-refractivity contribution >= 4 is 22.8 Å². The second-order valence-corrected chi connectivity index (χ2v) is 5.07. The maximum absolute atomic E-state index is 11.8. The number of aromatic nitrogens is 2. The summed E-state index contributed by atoms with van der Waals surface area (Å²) in [6.45, 7) is 0. The number of hydrogen-bond donors (Lipinski definition) is 1. The number of rotatable bonds is 1. The number of nitrogens with zero attached hydrogens (tertiary/aromatic N) is 1. The zero-order valence-corrected chi connectivity index (χ0v) is 9.09. The number of aromatic amines is 1. The summed E-state index contributed by atoms with van der Waals surface area (Å²) >= 11 is 1.87. The second kappa shape index (κ2) is 3.45. The number of fused-ring (bicyclic) bond motifs is 1. The molecule has 15 heavy (non-hydrogen) atoms. The number of thioether (sulfide) groups is 1. The molecule has 0 spiro atoms. The first-order valence-corrected chi connectivity index (χ1v) is 6.22. The minimum Gasteiger partial charge on any atom is -0.306 e. The van der Waals surface area contributed by atoms with Crippen LogP contribution in [0.15, 0.2) is 29.1 Å². The molecule has 2 aromatic rings. The van der Waals surface area contributed by atoms with Crippen LogP contribution in [0.1, 0.15) is 18.2 Å². The minimum atomic E-state index is 0.0237. The SMILES string of the molecule is O=c1[nH]c2ccccc2n1C1CCCS1. The summed E-state index contributed by atoms with van der Waals surface area (Å²) in [4.78, 5) is 14.7. The molecular formula is C11H12N2OS. The highest BCUT2D eigenvalue weighted by Gasteiger charge is 2.21. The third-order valence-corrected chi connectivity index (χ3v) is 4.17. The highest BCUT2D eigenvalue weighted by molar-refractivity contribution is 7.99. The van der Waals surface area contributed by atoms with Crippen molar-refractivity contribution in [3.63, 3.8) is 0 Å². The van der Waals surface area contributed by atoms with E-state index >= 15 is 0 Å². The van der Waals surface area contributed by atoms with Crippen LogP contribution in [0.25, 0.3) is 11.0 Å². The van der Waals surface area contributed by atoms with E-state index in [1.807, 2.05) is 40.6 Å². The standard InChI is InChI=1S/C11H12N2OS/c14-11-12-8-4-1-2-5-9(8)13(11)10-6-3-7-15-10/h1-2,4-5,10H,3,6-7H2,(H,12,14). The Hall–Kier alpha value is -1.16. The molecular weight excluding hydrogens is 208 g/mol. The maximum atomic E-state index is 11.8. The van der Waals surface area contributed by atoms with E-state index in [1.165, 1.54) is 6.42 Å². The van der Waals surface area contributed by atoms with Crippen LogP contribution < -0.4 is 5.69 Å². The minimum absolute atomic E-state index is 0.0237. The summed E-state index contributed by atoms with van der Waals surface area (Å²) in [5.41, 5.74) is 1.99. The molecule has 1 unspecified atom stereocenters. The first-order valence-electron chi connectivity index (χ1n) is 5.17. The lowest BCUT2D eigenvalue weighted by Gasteiger charge is -2.09. The molecule has 0 aliphatic carbocycles. The average Bonchev–Trinajstić information content (AvgIpc) is 2.82. The average molecular weight is 220 g/mol. The fourth-order valence-electron chi connectivity index (χ4n) is 2.12. The van der Waals surface area contributed by atoms with Crippen molar-refractivity contribution in [1.29, 1.82) is 0 Å². The lowest BCUT2D eigenvalue weighted by atomic mass is 10.3. The lowest BCUT2D eigenvalue weighted by molar-refractivity contribution is 0.641. The van der Waals surface area contributed by atoms with Crippen LogP contribution in [0.2, 0.25) is 0 Å². The van der Waals surface area contributed by atoms with Crippen LogP contribution in [0.3, 0.4) is 0 Å². The van der Waals surface area contributed by atoms with E-state index in [1.54, 1.807) is 0 Å². The van der Waals surface area contributed by atoms with Gasteiger partial charge in [-0.25, -0.2) is 4.79 Å². The van der Waals surface area contributed by atoms with Crippen LogP contribution in [0, 0.1) is 0 Å². The van der Waals surface area contributed by atoms with Crippen molar-refractivity contribution in [1.82, 2.24) is 9.55 Å². The van der Waals surface area contributed by atoms with E-state index in [9.17, 15) is 4.79 Å². The normalized spacial score (nSPS) is 21.2. The van der Waals surface area contributed by atoms with Gasteiger partial charge in [0.1, 0.15) is 0 Å². The summed E-state index contributed by atoms with van der Waals surface area (Å²) in [6.07, 6.45) is 2.31. The van der Waals surface area contributed by atoms with Gasteiger partial charge in [0.15, 0.2) is 0 Å². The predicted molar refractivity (Wildman–Crippen MR) is 63.3 cm³/mol. The van der Waals surface area contributed by atoms with Gasteiger partial charge in [0.05, 0.1) is 16.4 Å². The Bertz CT molecular complexity index is 537. The van der Waals surface area contributed by atoms with Crippen LogP contribution in [0.5, 0.6) is 0 Å². The molecule has 1 N–H and O–H groups in total. The van der Waals surface area contributed by atoms with Crippen molar-refractivity contribution in [3.8, 4) is 0 Å². The van der Waals surface area contributed by atoms with Crippen molar-refractivity contribution in [2.24, 2.45) is 0 Å². The van der Waals surface area contributed by atoms with E-state index in [2.05, 4.69) is 4.98 Å². The first-order chi connectivity index (χ1) is 7.36. The number of H-pyrrole nitrogens is 1. The van der Waals surface area contributed by atoms with Crippen LogP contribution in [0.4, 0.5) is 0 Å². The topological polar surface area (TPSA) is 37.8 Å². The number of nitrogens with one attached hydrogen (secondary N) is 1. The second-order valence-electron chi connectivity index (χ2n) is 3.78. The van der Waals surface area contributed by atoms with Crippen LogP contribution >= 0.6 is 11.8 Å². The van der Waals surface area contributed by atoms with E-state index < -0.39 is 0 Å². The number of hydrogen-bond acceptors (Lipinski definition) is 2. The molecule has 0 amide bonds. The monoisotopic (exact) mass is 220 g/mol. The Labute approximate surface area is 91.5 Å². The summed E-state index contributed by atoms with van der Waals surface area (Å²) < 4.78 is 1.90. The smallest absolute Gasteiger partial charge is 0.306 e. The molecule has 0 radical (unpaired) electrons. The predicted octanol–water partition coefficient (Wildman–Crippen LogP) is 2.36. The van der Waals surface area contributed by atoms with Crippen molar-refractivity contribution in [2.45, 2.75) is 18.2 Å². The molecule has 1 fully saturated rings. The van der Waals surface area contributed by atoms with Crippen LogP contribution in [-0.2, 0) is 0 Å². The Balaban J connectivity index is 2.23. The fourth-order valence-corrected chi connectivity index (χ4v) is 3.42. The van der Waals surface area contributed by atoms with Gasteiger partial charge in [-0.15, -0.1) is 11.8 Å². The van der Waals surface area contributed by atoms with Gasteiger partial charge in [-0.2, -0.15) is 0 Å². The Morgan fingerprint density at radius 3 is 3.07 bits per heavy atom. The molecule has 0 bridgehead atoms. The van der Waals surface area contributed by atoms with E-state index in [-0.39, 0.29) is 5.69 Å². The highest BCUT2D eigenvalue weighted by atomic mass is 32.2. The van der Waals surface area contributed by atoms with Gasteiger partial charge < -0.3 is 4.98 Å². The molecule has 1 atom stereocenters. The number of para-hydroxylation sites is 2. The fraction of sp³-hybridized carbons (Fsp3) is 0.364. The quantitative estimate of drug-likeness (QED) is 0.801. The first kappa shape index (κ1) is 9.09. The molecule has 1 saturated heterocycles. The zero-order valence-electron chi connectivity index (χ0n) is 8.27. The molecule has 78 valence electrons. The molecule has 1 aliphatic rings.